The molecule has 164 valence electrons. The van der Waals surface area contributed by atoms with Gasteiger partial charge in [-0.1, -0.05) is 43.2 Å². The van der Waals surface area contributed by atoms with E-state index < -0.39 is 35.8 Å². The van der Waals surface area contributed by atoms with E-state index in [0.29, 0.717) is 18.8 Å². The summed E-state index contributed by atoms with van der Waals surface area (Å²) in [4.78, 5) is 27.7. The fourth-order valence-corrected chi connectivity index (χ4v) is 5.05. The lowest BCUT2D eigenvalue weighted by atomic mass is 9.66. The number of halogens is 1. The number of hydrogen-bond acceptors (Lipinski definition) is 4. The highest BCUT2D eigenvalue weighted by Crippen LogP contribution is 2.50. The van der Waals surface area contributed by atoms with Crippen molar-refractivity contribution in [2.75, 3.05) is 0 Å². The van der Waals surface area contributed by atoms with Crippen LogP contribution in [0.1, 0.15) is 58.4 Å². The van der Waals surface area contributed by atoms with Crippen molar-refractivity contribution in [3.63, 3.8) is 0 Å². The van der Waals surface area contributed by atoms with Crippen LogP contribution in [0.2, 0.25) is 0 Å². The van der Waals surface area contributed by atoms with Crippen molar-refractivity contribution >= 4 is 12.1 Å². The molecule has 2 aliphatic carbocycles. The summed E-state index contributed by atoms with van der Waals surface area (Å²) in [5.74, 6) is -0.736. The monoisotopic (exact) mass is 417 g/mol. The third-order valence-corrected chi connectivity index (χ3v) is 6.54. The van der Waals surface area contributed by atoms with E-state index in [4.69, 9.17) is 9.47 Å². The van der Waals surface area contributed by atoms with Crippen LogP contribution in [0.4, 0.5) is 9.18 Å². The Balaban J connectivity index is 1.55. The van der Waals surface area contributed by atoms with Crippen LogP contribution in [-0.4, -0.2) is 40.8 Å². The molecule has 30 heavy (non-hydrogen) atoms. The van der Waals surface area contributed by atoms with Gasteiger partial charge in [0.25, 0.3) is 0 Å². The van der Waals surface area contributed by atoms with Crippen molar-refractivity contribution in [3.05, 3.63) is 35.9 Å². The number of ether oxygens (including phenoxy) is 2. The predicted molar refractivity (Wildman–Crippen MR) is 110 cm³/mol. The maximum Gasteiger partial charge on any atom is 0.411 e. The van der Waals surface area contributed by atoms with Gasteiger partial charge in [0.05, 0.1) is 0 Å². The molecule has 1 unspecified atom stereocenters. The molecule has 1 aromatic carbocycles. The Bertz CT molecular complexity index is 773. The molecular weight excluding hydrogens is 385 g/mol. The minimum atomic E-state index is -1.09. The molecule has 2 saturated carbocycles. The number of piperidine rings is 2. The Kier molecular flexibility index (Phi) is 5.78. The van der Waals surface area contributed by atoms with Gasteiger partial charge in [0.15, 0.2) is 0 Å². The molecule has 2 bridgehead atoms. The number of nitrogens with zero attached hydrogens (tertiary/aromatic N) is 1. The molecule has 0 N–H and O–H groups in total. The first-order chi connectivity index (χ1) is 14.2. The Morgan fingerprint density at radius 1 is 1.10 bits per heavy atom. The normalized spacial score (nSPS) is 30.8. The Morgan fingerprint density at radius 3 is 2.43 bits per heavy atom. The average molecular weight is 418 g/mol. The summed E-state index contributed by atoms with van der Waals surface area (Å²) in [5.41, 5.74) is 0.173. The molecule has 2 heterocycles. The molecule has 6 heteroatoms. The summed E-state index contributed by atoms with van der Waals surface area (Å²) < 4.78 is 26.7. The van der Waals surface area contributed by atoms with E-state index in [1.54, 1.807) is 20.8 Å². The van der Waals surface area contributed by atoms with Gasteiger partial charge in [0.2, 0.25) is 0 Å². The third-order valence-electron chi connectivity index (χ3n) is 6.54. The quantitative estimate of drug-likeness (QED) is 0.641. The van der Waals surface area contributed by atoms with E-state index in [1.807, 2.05) is 30.3 Å². The summed E-state index contributed by atoms with van der Waals surface area (Å²) in [6, 6.07) is 8.15. The van der Waals surface area contributed by atoms with Crippen molar-refractivity contribution < 1.29 is 23.5 Å². The van der Waals surface area contributed by atoms with Gasteiger partial charge in [-0.05, 0) is 51.5 Å². The van der Waals surface area contributed by atoms with Gasteiger partial charge in [-0.3, -0.25) is 4.90 Å². The zero-order valence-electron chi connectivity index (χ0n) is 18.1. The Morgan fingerprint density at radius 2 is 1.80 bits per heavy atom. The maximum absolute atomic E-state index is 15.5. The van der Waals surface area contributed by atoms with E-state index in [1.165, 1.54) is 4.90 Å². The number of carbonyl (C=O) groups excluding carboxylic acids is 2. The second-order valence-electron chi connectivity index (χ2n) is 10.0. The molecule has 5 rings (SSSR count). The highest BCUT2D eigenvalue weighted by atomic mass is 19.1. The summed E-state index contributed by atoms with van der Waals surface area (Å²) in [6.45, 7) is 5.51. The molecule has 4 aliphatic rings. The SMILES string of the molecule is CC(C)(C)OC(=O)N1C2CC[C@H]([C@H](F)[C@H]2CC2CC2)[C@@H]1C(=O)OCc1ccccc1. The smallest absolute Gasteiger partial charge is 0.411 e. The molecule has 1 amide bonds. The highest BCUT2D eigenvalue weighted by molar-refractivity contribution is 5.83. The lowest BCUT2D eigenvalue weighted by molar-refractivity contribution is -0.170. The van der Waals surface area contributed by atoms with Gasteiger partial charge in [-0.15, -0.1) is 0 Å². The van der Waals surface area contributed by atoms with Crippen LogP contribution in [-0.2, 0) is 20.9 Å². The molecule has 1 aromatic rings. The van der Waals surface area contributed by atoms with Crippen LogP contribution in [0.25, 0.3) is 0 Å². The van der Waals surface area contributed by atoms with Crippen molar-refractivity contribution in [2.24, 2.45) is 17.8 Å². The first-order valence-electron chi connectivity index (χ1n) is 11.1. The van der Waals surface area contributed by atoms with Crippen LogP contribution >= 0.6 is 0 Å². The minimum Gasteiger partial charge on any atom is -0.459 e. The zero-order valence-corrected chi connectivity index (χ0v) is 18.1. The molecule has 2 saturated heterocycles. The predicted octanol–water partition coefficient (Wildman–Crippen LogP) is 4.88. The number of alkyl halides is 1. The molecular formula is C24H32FNO4. The lowest BCUT2D eigenvalue weighted by Crippen LogP contribution is -2.68. The molecule has 0 aromatic heterocycles. The fraction of sp³-hybridized carbons (Fsp3) is 0.667. The number of fused-ring (bicyclic) bond motifs is 3. The van der Waals surface area contributed by atoms with Crippen LogP contribution in [0.15, 0.2) is 30.3 Å². The van der Waals surface area contributed by atoms with Crippen LogP contribution in [0.5, 0.6) is 0 Å². The lowest BCUT2D eigenvalue weighted by Gasteiger charge is -2.55. The van der Waals surface area contributed by atoms with Crippen LogP contribution < -0.4 is 0 Å². The number of carbonyl (C=O) groups is 2. The molecule has 2 aliphatic heterocycles. The Labute approximate surface area is 177 Å². The van der Waals surface area contributed by atoms with Crippen molar-refractivity contribution in [1.82, 2.24) is 4.90 Å². The number of rotatable bonds is 5. The number of benzene rings is 1. The largest absolute Gasteiger partial charge is 0.459 e. The van der Waals surface area contributed by atoms with Crippen LogP contribution in [0, 0.1) is 17.8 Å². The van der Waals surface area contributed by atoms with E-state index in [9.17, 15) is 9.59 Å². The first-order valence-corrected chi connectivity index (χ1v) is 11.1. The maximum atomic E-state index is 15.5. The molecule has 0 spiro atoms. The van der Waals surface area contributed by atoms with Gasteiger partial charge in [0.1, 0.15) is 24.4 Å². The number of hydrogen-bond donors (Lipinski definition) is 0. The summed E-state index contributed by atoms with van der Waals surface area (Å²) >= 11 is 0. The molecule has 5 atom stereocenters. The first kappa shape index (κ1) is 21.1. The fourth-order valence-electron chi connectivity index (χ4n) is 5.05. The Hall–Kier alpha value is -2.11. The number of amides is 1. The second kappa shape index (κ2) is 8.20. The van der Waals surface area contributed by atoms with Gasteiger partial charge in [0, 0.05) is 17.9 Å². The van der Waals surface area contributed by atoms with Gasteiger partial charge < -0.3 is 9.47 Å². The molecule has 4 fully saturated rings. The van der Waals surface area contributed by atoms with E-state index >= 15 is 4.39 Å². The van der Waals surface area contributed by atoms with Gasteiger partial charge in [-0.25, -0.2) is 14.0 Å². The summed E-state index contributed by atoms with van der Waals surface area (Å²) in [6.07, 6.45) is 2.74. The second-order valence-corrected chi connectivity index (χ2v) is 10.0. The highest BCUT2D eigenvalue weighted by Gasteiger charge is 2.59. The minimum absolute atomic E-state index is 0.109. The van der Waals surface area contributed by atoms with E-state index in [0.717, 1.165) is 24.8 Å². The van der Waals surface area contributed by atoms with Crippen molar-refractivity contribution in [2.45, 2.75) is 83.3 Å². The third kappa shape index (κ3) is 4.47. The van der Waals surface area contributed by atoms with Crippen LogP contribution in [0.3, 0.4) is 0 Å². The standard InChI is InChI=1S/C24H32FNO4/c1-24(2,3)30-23(28)26-19-12-11-17(20(25)18(19)13-15-9-10-15)21(26)22(27)29-14-16-7-5-4-6-8-16/h4-8,15,17-21H,9-14H2,1-3H3/t17-,18+,19?,20+,21-/m1/s1. The average Bonchev–Trinajstić information content (AvgIpc) is 3.51. The topological polar surface area (TPSA) is 55.8 Å². The van der Waals surface area contributed by atoms with Gasteiger partial charge in [-0.2, -0.15) is 0 Å². The number of esters is 1. The molecule has 0 radical (unpaired) electrons. The zero-order chi connectivity index (χ0) is 21.5. The van der Waals surface area contributed by atoms with Gasteiger partial charge >= 0.3 is 12.1 Å². The molecule has 5 nitrogen and oxygen atoms in total. The van der Waals surface area contributed by atoms with Crippen molar-refractivity contribution in [1.29, 1.82) is 0 Å². The van der Waals surface area contributed by atoms with Crippen molar-refractivity contribution in [3.8, 4) is 0 Å². The summed E-state index contributed by atoms with van der Waals surface area (Å²) in [5, 5.41) is 0. The van der Waals surface area contributed by atoms with E-state index in [2.05, 4.69) is 0 Å². The summed E-state index contributed by atoms with van der Waals surface area (Å²) in [7, 11) is 0. The van der Waals surface area contributed by atoms with E-state index in [-0.39, 0.29) is 18.6 Å².